The molecule has 0 amide bonds. The van der Waals surface area contributed by atoms with Crippen LogP contribution in [0.1, 0.15) is 33.4 Å². The van der Waals surface area contributed by atoms with E-state index in [1.165, 1.54) is 33.4 Å². The van der Waals surface area contributed by atoms with Crippen molar-refractivity contribution in [1.29, 1.82) is 10.5 Å². The summed E-state index contributed by atoms with van der Waals surface area (Å²) in [6, 6.07) is 4.01. The van der Waals surface area contributed by atoms with E-state index in [4.69, 9.17) is 10.5 Å². The van der Waals surface area contributed by atoms with Gasteiger partial charge in [-0.3, -0.25) is 0 Å². The molecule has 0 aromatic heterocycles. The zero-order valence-electron chi connectivity index (χ0n) is 12.1. The van der Waals surface area contributed by atoms with Gasteiger partial charge in [-0.05, 0) is 61.1 Å². The van der Waals surface area contributed by atoms with Gasteiger partial charge in [-0.2, -0.15) is 10.5 Å². The molecule has 2 nitrogen and oxygen atoms in total. The van der Waals surface area contributed by atoms with Gasteiger partial charge in [-0.15, -0.1) is 23.5 Å². The number of benzene rings is 1. The molecule has 1 heterocycles. The molecule has 0 atom stereocenters. The molecule has 1 aromatic rings. The number of thioether (sulfide) groups is 2. The average Bonchev–Trinajstić information content (AvgIpc) is 2.67. The minimum absolute atomic E-state index is 0.247. The van der Waals surface area contributed by atoms with Gasteiger partial charge in [0.05, 0.1) is 4.24 Å². The van der Waals surface area contributed by atoms with E-state index >= 15 is 0 Å². The molecule has 1 aromatic carbocycles. The zero-order chi connectivity index (χ0) is 14.9. The van der Waals surface area contributed by atoms with Crippen molar-refractivity contribution in [2.45, 2.75) is 39.2 Å². The molecule has 0 fully saturated rings. The van der Waals surface area contributed by atoms with Gasteiger partial charge in [0.15, 0.2) is 0 Å². The Morgan fingerprint density at radius 2 is 1.20 bits per heavy atom. The second kappa shape index (κ2) is 5.95. The Balaban J connectivity index is 2.54. The summed E-state index contributed by atoms with van der Waals surface area (Å²) in [7, 11) is 0. The molecule has 102 valence electrons. The lowest BCUT2D eigenvalue weighted by molar-refractivity contribution is 1.11. The molecule has 0 aliphatic carbocycles. The first-order valence-corrected chi connectivity index (χ1v) is 8.36. The van der Waals surface area contributed by atoms with Gasteiger partial charge in [0.2, 0.25) is 0 Å². The molecule has 0 saturated carbocycles. The second-order valence-corrected chi connectivity index (χ2v) is 7.15. The predicted octanol–water partition coefficient (Wildman–Crippen LogP) is 4.66. The molecule has 0 spiro atoms. The Morgan fingerprint density at radius 3 is 1.55 bits per heavy atom. The first kappa shape index (κ1) is 15.0. The maximum absolute atomic E-state index is 9.03. The molecule has 20 heavy (non-hydrogen) atoms. The molecule has 0 unspecified atom stereocenters. The molecule has 0 saturated heterocycles. The number of rotatable bonds is 0. The summed E-state index contributed by atoms with van der Waals surface area (Å²) in [5.41, 5.74) is 8.44. The van der Waals surface area contributed by atoms with E-state index in [1.807, 2.05) is 12.1 Å². The third kappa shape index (κ3) is 2.46. The lowest BCUT2D eigenvalue weighted by atomic mass is 9.90. The van der Waals surface area contributed by atoms with Crippen molar-refractivity contribution in [1.82, 2.24) is 0 Å². The van der Waals surface area contributed by atoms with Crippen LogP contribution in [-0.2, 0) is 11.5 Å². The lowest BCUT2D eigenvalue weighted by Crippen LogP contribution is -2.02. The number of hydrogen-bond acceptors (Lipinski definition) is 4. The highest BCUT2D eigenvalue weighted by Crippen LogP contribution is 2.43. The molecule has 1 aliphatic heterocycles. The predicted molar refractivity (Wildman–Crippen MR) is 86.2 cm³/mol. The number of hydrogen-bond donors (Lipinski definition) is 0. The fourth-order valence-corrected chi connectivity index (χ4v) is 4.93. The summed E-state index contributed by atoms with van der Waals surface area (Å²) in [4.78, 5) is 0. The Labute approximate surface area is 128 Å². The van der Waals surface area contributed by atoms with Gasteiger partial charge in [-0.25, -0.2) is 0 Å². The van der Waals surface area contributed by atoms with Gasteiger partial charge < -0.3 is 0 Å². The average molecular weight is 300 g/mol. The van der Waals surface area contributed by atoms with Crippen LogP contribution in [0.3, 0.4) is 0 Å². The normalized spacial score (nSPS) is 14.0. The maximum Gasteiger partial charge on any atom is 0.149 e. The molecular weight excluding hydrogens is 284 g/mol. The number of nitriles is 2. The third-order valence-corrected chi connectivity index (χ3v) is 6.59. The van der Waals surface area contributed by atoms with Crippen LogP contribution in [0.4, 0.5) is 0 Å². The highest BCUT2D eigenvalue weighted by atomic mass is 32.2. The Hall–Kier alpha value is -1.36. The SMILES string of the molecule is Cc1c(C)c(C)c2c(c1C)CSC(=C(C#N)C#N)SC2. The molecule has 0 bridgehead atoms. The standard InChI is InChI=1S/C16H16N2S2/c1-9-10(2)12(4)15-8-20-16(13(5-17)6-18)19-7-14(15)11(9)3/h7-8H2,1-4H3. The molecule has 4 heteroatoms. The monoisotopic (exact) mass is 300 g/mol. The zero-order valence-corrected chi connectivity index (χ0v) is 13.8. The van der Waals surface area contributed by atoms with Crippen LogP contribution < -0.4 is 0 Å². The highest BCUT2D eigenvalue weighted by Gasteiger charge is 2.21. The minimum Gasteiger partial charge on any atom is -0.192 e. The van der Waals surface area contributed by atoms with E-state index in [9.17, 15) is 0 Å². The first-order valence-electron chi connectivity index (χ1n) is 6.39. The molecule has 1 aliphatic rings. The van der Waals surface area contributed by atoms with Crippen LogP contribution in [0.25, 0.3) is 0 Å². The number of nitrogens with zero attached hydrogens (tertiary/aromatic N) is 2. The summed E-state index contributed by atoms with van der Waals surface area (Å²) in [5, 5.41) is 18.1. The second-order valence-electron chi connectivity index (χ2n) is 4.92. The van der Waals surface area contributed by atoms with Gasteiger partial charge in [-0.1, -0.05) is 0 Å². The third-order valence-electron chi connectivity index (χ3n) is 4.08. The van der Waals surface area contributed by atoms with E-state index < -0.39 is 0 Å². The van der Waals surface area contributed by atoms with Crippen molar-refractivity contribution >= 4 is 23.5 Å². The summed E-state index contributed by atoms with van der Waals surface area (Å²) < 4.78 is 0.861. The van der Waals surface area contributed by atoms with Crippen LogP contribution in [-0.4, -0.2) is 0 Å². The van der Waals surface area contributed by atoms with Crippen molar-refractivity contribution in [2.24, 2.45) is 0 Å². The molecule has 2 rings (SSSR count). The lowest BCUT2D eigenvalue weighted by Gasteiger charge is -2.18. The summed E-state index contributed by atoms with van der Waals surface area (Å²) >= 11 is 3.24. The summed E-state index contributed by atoms with van der Waals surface area (Å²) in [6.07, 6.45) is 0. The summed E-state index contributed by atoms with van der Waals surface area (Å²) in [5.74, 6) is 1.69. The summed E-state index contributed by atoms with van der Waals surface area (Å²) in [6.45, 7) is 8.70. The fourth-order valence-electron chi connectivity index (χ4n) is 2.44. The Morgan fingerprint density at radius 1 is 0.800 bits per heavy atom. The van der Waals surface area contributed by atoms with Crippen molar-refractivity contribution in [3.63, 3.8) is 0 Å². The molecule has 0 N–H and O–H groups in total. The van der Waals surface area contributed by atoms with Gasteiger partial charge in [0, 0.05) is 11.5 Å². The van der Waals surface area contributed by atoms with E-state index in [-0.39, 0.29) is 5.57 Å². The maximum atomic E-state index is 9.03. The molecule has 0 radical (unpaired) electrons. The van der Waals surface area contributed by atoms with Crippen LogP contribution in [0.5, 0.6) is 0 Å². The van der Waals surface area contributed by atoms with Gasteiger partial charge >= 0.3 is 0 Å². The Bertz CT molecular complexity index is 631. The van der Waals surface area contributed by atoms with Crippen molar-refractivity contribution in [2.75, 3.05) is 0 Å². The van der Waals surface area contributed by atoms with Crippen LogP contribution in [0.15, 0.2) is 9.81 Å². The van der Waals surface area contributed by atoms with Crippen molar-refractivity contribution < 1.29 is 0 Å². The first-order chi connectivity index (χ1) is 9.51. The quantitative estimate of drug-likeness (QED) is 0.654. The minimum atomic E-state index is 0.247. The van der Waals surface area contributed by atoms with E-state index in [0.717, 1.165) is 15.7 Å². The highest BCUT2D eigenvalue weighted by molar-refractivity contribution is 8.21. The largest absolute Gasteiger partial charge is 0.192 e. The smallest absolute Gasteiger partial charge is 0.149 e. The van der Waals surface area contributed by atoms with Gasteiger partial charge in [0.25, 0.3) is 0 Å². The van der Waals surface area contributed by atoms with Gasteiger partial charge in [0.1, 0.15) is 17.7 Å². The van der Waals surface area contributed by atoms with Crippen molar-refractivity contribution in [3.05, 3.63) is 43.2 Å². The van der Waals surface area contributed by atoms with Crippen LogP contribution in [0, 0.1) is 50.4 Å². The molecular formula is C16H16N2S2. The number of allylic oxidation sites excluding steroid dienone is 1. The topological polar surface area (TPSA) is 47.6 Å². The van der Waals surface area contributed by atoms with Crippen LogP contribution in [0.2, 0.25) is 0 Å². The van der Waals surface area contributed by atoms with E-state index in [2.05, 4.69) is 27.7 Å². The van der Waals surface area contributed by atoms with E-state index in [0.29, 0.717) is 0 Å². The van der Waals surface area contributed by atoms with Crippen LogP contribution >= 0.6 is 23.5 Å². The van der Waals surface area contributed by atoms with Crippen molar-refractivity contribution in [3.8, 4) is 12.1 Å². The number of fused-ring (bicyclic) bond motifs is 1. The fraction of sp³-hybridized carbons (Fsp3) is 0.375. The van der Waals surface area contributed by atoms with E-state index in [1.54, 1.807) is 23.5 Å². The Kier molecular flexibility index (Phi) is 4.48.